The minimum Gasteiger partial charge on any atom is -0.453 e. The van der Waals surface area contributed by atoms with Gasteiger partial charge in [-0.25, -0.2) is 4.79 Å². The second-order valence-electron chi connectivity index (χ2n) is 3.17. The van der Waals surface area contributed by atoms with E-state index in [9.17, 15) is 4.79 Å². The van der Waals surface area contributed by atoms with Crippen LogP contribution >= 0.6 is 0 Å². The molecule has 0 radical (unpaired) electrons. The second-order valence-corrected chi connectivity index (χ2v) is 3.17. The predicted molar refractivity (Wildman–Crippen MR) is 46.0 cm³/mol. The molecular formula is C8H16N2O2. The van der Waals surface area contributed by atoms with E-state index in [-0.39, 0.29) is 12.1 Å². The molecule has 1 aliphatic rings. The van der Waals surface area contributed by atoms with Crippen LogP contribution in [0.15, 0.2) is 0 Å². The zero-order valence-electron chi connectivity index (χ0n) is 7.83. The third-order valence-corrected chi connectivity index (χ3v) is 2.52. The lowest BCUT2D eigenvalue weighted by atomic mass is 9.99. The highest BCUT2D eigenvalue weighted by Gasteiger charge is 2.28. The van der Waals surface area contributed by atoms with Gasteiger partial charge in [-0.05, 0) is 19.9 Å². The highest BCUT2D eigenvalue weighted by Crippen LogP contribution is 2.12. The first kappa shape index (κ1) is 9.32. The number of nitrogens with one attached hydrogen (secondary N) is 1. The maximum absolute atomic E-state index is 11.1. The number of carbonyl (C=O) groups is 1. The fourth-order valence-corrected chi connectivity index (χ4v) is 1.30. The maximum atomic E-state index is 11.1. The number of ether oxygens (including phenoxy) is 1. The highest BCUT2D eigenvalue weighted by atomic mass is 16.5. The van der Waals surface area contributed by atoms with Crippen LogP contribution in [0.2, 0.25) is 0 Å². The van der Waals surface area contributed by atoms with Gasteiger partial charge in [-0.2, -0.15) is 0 Å². The number of likely N-dealkylation sites (N-methyl/N-ethyl adjacent to an activating group) is 1. The van der Waals surface area contributed by atoms with Gasteiger partial charge in [-0.1, -0.05) is 0 Å². The van der Waals surface area contributed by atoms with Crippen molar-refractivity contribution in [3.63, 3.8) is 0 Å². The Morgan fingerprint density at radius 1 is 1.75 bits per heavy atom. The van der Waals surface area contributed by atoms with Crippen molar-refractivity contribution in [1.82, 2.24) is 10.2 Å². The van der Waals surface area contributed by atoms with Crippen molar-refractivity contribution in [2.75, 3.05) is 20.7 Å². The standard InChI is InChI=1S/C8H16N2O2/c1-6(7-4-5-9-7)10(2)8(11)12-3/h6-7,9H,4-5H2,1-3H3. The van der Waals surface area contributed by atoms with E-state index in [1.165, 1.54) is 7.11 Å². The molecule has 4 heteroatoms. The van der Waals surface area contributed by atoms with Gasteiger partial charge in [0.15, 0.2) is 0 Å². The average Bonchev–Trinajstić information content (AvgIpc) is 1.98. The van der Waals surface area contributed by atoms with Crippen LogP contribution in [0.3, 0.4) is 0 Å². The van der Waals surface area contributed by atoms with Crippen molar-refractivity contribution >= 4 is 6.09 Å². The lowest BCUT2D eigenvalue weighted by molar-refractivity contribution is 0.103. The summed E-state index contributed by atoms with van der Waals surface area (Å²) in [6.45, 7) is 3.08. The van der Waals surface area contributed by atoms with E-state index < -0.39 is 0 Å². The Morgan fingerprint density at radius 3 is 2.67 bits per heavy atom. The molecule has 0 aromatic rings. The lowest BCUT2D eigenvalue weighted by Crippen LogP contribution is -2.56. The Labute approximate surface area is 72.9 Å². The number of hydrogen-bond acceptors (Lipinski definition) is 3. The van der Waals surface area contributed by atoms with Crippen LogP contribution in [0.4, 0.5) is 4.79 Å². The van der Waals surface area contributed by atoms with E-state index in [2.05, 4.69) is 10.1 Å². The largest absolute Gasteiger partial charge is 0.453 e. The van der Waals surface area contributed by atoms with Gasteiger partial charge < -0.3 is 15.0 Å². The molecule has 1 rings (SSSR count). The molecular weight excluding hydrogens is 156 g/mol. The van der Waals surface area contributed by atoms with Gasteiger partial charge in [0.05, 0.1) is 7.11 Å². The summed E-state index contributed by atoms with van der Waals surface area (Å²) in [5.74, 6) is 0. The summed E-state index contributed by atoms with van der Waals surface area (Å²) in [7, 11) is 3.16. The molecule has 1 saturated heterocycles. The number of hydrogen-bond donors (Lipinski definition) is 1. The summed E-state index contributed by atoms with van der Waals surface area (Å²) in [5.41, 5.74) is 0. The molecule has 1 heterocycles. The summed E-state index contributed by atoms with van der Waals surface area (Å²) < 4.78 is 4.61. The summed E-state index contributed by atoms with van der Waals surface area (Å²) in [5, 5.41) is 3.26. The first-order chi connectivity index (χ1) is 5.66. The molecule has 0 aromatic heterocycles. The number of carbonyl (C=O) groups excluding carboxylic acids is 1. The fraction of sp³-hybridized carbons (Fsp3) is 0.875. The van der Waals surface area contributed by atoms with Gasteiger partial charge in [-0.15, -0.1) is 0 Å². The molecule has 0 spiro atoms. The van der Waals surface area contributed by atoms with Gasteiger partial charge in [0.2, 0.25) is 0 Å². The number of amides is 1. The van der Waals surface area contributed by atoms with Crippen molar-refractivity contribution in [3.05, 3.63) is 0 Å². The Kier molecular flexibility index (Phi) is 2.92. The van der Waals surface area contributed by atoms with Crippen molar-refractivity contribution in [1.29, 1.82) is 0 Å². The van der Waals surface area contributed by atoms with E-state index in [1.54, 1.807) is 11.9 Å². The van der Waals surface area contributed by atoms with E-state index >= 15 is 0 Å². The lowest BCUT2D eigenvalue weighted by Gasteiger charge is -2.37. The molecule has 2 atom stereocenters. The van der Waals surface area contributed by atoms with Crippen molar-refractivity contribution in [3.8, 4) is 0 Å². The predicted octanol–water partition coefficient (Wildman–Crippen LogP) is 0.435. The topological polar surface area (TPSA) is 41.6 Å². The van der Waals surface area contributed by atoms with Gasteiger partial charge in [0.25, 0.3) is 0 Å². The summed E-state index contributed by atoms with van der Waals surface area (Å²) in [4.78, 5) is 12.7. The SMILES string of the molecule is COC(=O)N(C)C(C)C1CCN1. The summed E-state index contributed by atoms with van der Waals surface area (Å²) in [6.07, 6.45) is 0.874. The number of methoxy groups -OCH3 is 1. The molecule has 0 aliphatic carbocycles. The Balaban J connectivity index is 2.39. The molecule has 1 amide bonds. The first-order valence-corrected chi connectivity index (χ1v) is 4.21. The molecule has 1 N–H and O–H groups in total. The molecule has 70 valence electrons. The minimum atomic E-state index is -0.267. The summed E-state index contributed by atoms with van der Waals surface area (Å²) in [6, 6.07) is 0.653. The van der Waals surface area contributed by atoms with Crippen molar-refractivity contribution < 1.29 is 9.53 Å². The Morgan fingerprint density at radius 2 is 2.33 bits per heavy atom. The third-order valence-electron chi connectivity index (χ3n) is 2.52. The van der Waals surface area contributed by atoms with Crippen LogP contribution in [-0.4, -0.2) is 43.8 Å². The molecule has 0 saturated carbocycles. The van der Waals surface area contributed by atoms with Crippen molar-refractivity contribution in [2.45, 2.75) is 25.4 Å². The van der Waals surface area contributed by atoms with Crippen molar-refractivity contribution in [2.24, 2.45) is 0 Å². The molecule has 4 nitrogen and oxygen atoms in total. The summed E-state index contributed by atoms with van der Waals surface area (Å²) >= 11 is 0. The first-order valence-electron chi connectivity index (χ1n) is 4.21. The Hall–Kier alpha value is -0.770. The monoisotopic (exact) mass is 172 g/mol. The molecule has 1 aliphatic heterocycles. The molecule has 0 bridgehead atoms. The van der Waals surface area contributed by atoms with Crippen LogP contribution in [-0.2, 0) is 4.74 Å². The second kappa shape index (κ2) is 3.76. The maximum Gasteiger partial charge on any atom is 0.409 e. The van der Waals surface area contributed by atoms with Crippen LogP contribution in [0.25, 0.3) is 0 Å². The zero-order valence-corrected chi connectivity index (χ0v) is 7.83. The van der Waals surface area contributed by atoms with E-state index in [1.807, 2.05) is 6.92 Å². The molecule has 0 aromatic carbocycles. The van der Waals surface area contributed by atoms with Gasteiger partial charge in [0, 0.05) is 19.1 Å². The molecule has 12 heavy (non-hydrogen) atoms. The highest BCUT2D eigenvalue weighted by molar-refractivity contribution is 5.67. The normalized spacial score (nSPS) is 24.1. The molecule has 1 fully saturated rings. The van der Waals surface area contributed by atoms with Crippen LogP contribution in [0, 0.1) is 0 Å². The third kappa shape index (κ3) is 1.69. The van der Waals surface area contributed by atoms with Crippen LogP contribution in [0.5, 0.6) is 0 Å². The number of nitrogens with zero attached hydrogens (tertiary/aromatic N) is 1. The van der Waals surface area contributed by atoms with E-state index in [0.29, 0.717) is 6.04 Å². The zero-order chi connectivity index (χ0) is 9.14. The quantitative estimate of drug-likeness (QED) is 0.657. The number of rotatable bonds is 2. The van der Waals surface area contributed by atoms with E-state index in [0.717, 1.165) is 13.0 Å². The van der Waals surface area contributed by atoms with Crippen LogP contribution in [0.1, 0.15) is 13.3 Å². The fourth-order valence-electron chi connectivity index (χ4n) is 1.30. The van der Waals surface area contributed by atoms with E-state index in [4.69, 9.17) is 0 Å². The van der Waals surface area contributed by atoms with Crippen LogP contribution < -0.4 is 5.32 Å². The Bertz CT molecular complexity index is 168. The smallest absolute Gasteiger partial charge is 0.409 e. The van der Waals surface area contributed by atoms with Gasteiger partial charge in [0.1, 0.15) is 0 Å². The van der Waals surface area contributed by atoms with Gasteiger partial charge in [-0.3, -0.25) is 0 Å². The molecule has 2 unspecified atom stereocenters. The average molecular weight is 172 g/mol. The van der Waals surface area contributed by atoms with Gasteiger partial charge >= 0.3 is 6.09 Å². The minimum absolute atomic E-state index is 0.214.